The summed E-state index contributed by atoms with van der Waals surface area (Å²) in [5.74, 6) is -1.26. The summed E-state index contributed by atoms with van der Waals surface area (Å²) < 4.78 is 22.1. The van der Waals surface area contributed by atoms with Gasteiger partial charge in [-0.05, 0) is 20.8 Å². The van der Waals surface area contributed by atoms with E-state index in [4.69, 9.17) is 5.11 Å². The van der Waals surface area contributed by atoms with Gasteiger partial charge in [0.15, 0.2) is 0 Å². The van der Waals surface area contributed by atoms with Crippen molar-refractivity contribution in [3.05, 3.63) is 0 Å². The number of rotatable bonds is 5. The van der Waals surface area contributed by atoms with Crippen molar-refractivity contribution in [3.8, 4) is 0 Å². The maximum Gasteiger partial charge on any atom is 0.323 e. The van der Waals surface area contributed by atoms with Gasteiger partial charge in [-0.15, -0.1) is 0 Å². The number of nitrogens with zero attached hydrogens (tertiary/aromatic N) is 2. The average Bonchev–Trinajstić information content (AvgIpc) is 2.18. The van der Waals surface area contributed by atoms with Crippen LogP contribution in [-0.4, -0.2) is 73.0 Å². The molecule has 0 fully saturated rings. The maximum absolute atomic E-state index is 12.1. The van der Waals surface area contributed by atoms with E-state index in [1.165, 1.54) is 16.8 Å². The molecule has 0 aliphatic heterocycles. The second kappa shape index (κ2) is 6.23. The molecule has 0 aliphatic rings. The first-order valence-electron chi connectivity index (χ1n) is 5.77. The molecule has 0 saturated heterocycles. The summed E-state index contributed by atoms with van der Waals surface area (Å²) in [5, 5.41) is 8.83. The molecule has 0 radical (unpaired) electrons. The Hall–Kier alpha value is -1.31. The number of hydrogen-bond donors (Lipinski definition) is 1. The molecular formula is C11H22N2O5S. The predicted octanol–water partition coefficient (Wildman–Crippen LogP) is 0.268. The van der Waals surface area contributed by atoms with E-state index < -0.39 is 33.9 Å². The topological polar surface area (TPSA) is 95.0 Å². The van der Waals surface area contributed by atoms with Crippen LogP contribution in [0.5, 0.6) is 0 Å². The fourth-order valence-corrected chi connectivity index (χ4v) is 1.94. The Kier molecular flexibility index (Phi) is 5.80. The fraction of sp³-hybridized carbons (Fsp3) is 0.818. The highest BCUT2D eigenvalue weighted by atomic mass is 32.2. The third-order valence-electron chi connectivity index (χ3n) is 2.46. The van der Waals surface area contributed by atoms with E-state index >= 15 is 0 Å². The van der Waals surface area contributed by atoms with Crippen LogP contribution in [0, 0.1) is 0 Å². The number of urea groups is 1. The van der Waals surface area contributed by atoms with Gasteiger partial charge in [0.25, 0.3) is 0 Å². The summed E-state index contributed by atoms with van der Waals surface area (Å²) in [5.41, 5.74) is -0.658. The first-order valence-corrected chi connectivity index (χ1v) is 7.83. The summed E-state index contributed by atoms with van der Waals surface area (Å²) in [7, 11) is -1.71. The number of aliphatic carboxylic acids is 1. The van der Waals surface area contributed by atoms with Crippen LogP contribution in [-0.2, 0) is 14.6 Å². The number of carboxylic acid groups (broad SMARTS) is 1. The lowest BCUT2D eigenvalue weighted by Crippen LogP contribution is -2.53. The molecule has 0 atom stereocenters. The highest BCUT2D eigenvalue weighted by Crippen LogP contribution is 2.15. The van der Waals surface area contributed by atoms with Crippen molar-refractivity contribution in [2.45, 2.75) is 26.3 Å². The predicted molar refractivity (Wildman–Crippen MR) is 71.8 cm³/mol. The van der Waals surface area contributed by atoms with Crippen molar-refractivity contribution in [3.63, 3.8) is 0 Å². The van der Waals surface area contributed by atoms with Crippen molar-refractivity contribution >= 4 is 21.8 Å². The van der Waals surface area contributed by atoms with Crippen LogP contribution in [0.4, 0.5) is 4.79 Å². The van der Waals surface area contributed by atoms with Gasteiger partial charge in [0.05, 0.1) is 5.75 Å². The maximum atomic E-state index is 12.1. The third-order valence-corrected chi connectivity index (χ3v) is 3.38. The largest absolute Gasteiger partial charge is 0.480 e. The van der Waals surface area contributed by atoms with Crippen LogP contribution in [0.15, 0.2) is 0 Å². The third kappa shape index (κ3) is 7.00. The summed E-state index contributed by atoms with van der Waals surface area (Å²) in [6.07, 6.45) is 1.09. The monoisotopic (exact) mass is 294 g/mol. The Morgan fingerprint density at radius 2 is 1.68 bits per heavy atom. The van der Waals surface area contributed by atoms with Gasteiger partial charge in [0, 0.05) is 25.4 Å². The number of amides is 2. The summed E-state index contributed by atoms with van der Waals surface area (Å²) in [4.78, 5) is 25.3. The summed E-state index contributed by atoms with van der Waals surface area (Å²) in [6.45, 7) is 4.77. The number of sulfone groups is 1. The molecular weight excluding hydrogens is 272 g/mol. The van der Waals surface area contributed by atoms with Gasteiger partial charge in [0.1, 0.15) is 16.4 Å². The van der Waals surface area contributed by atoms with Gasteiger partial charge in [-0.2, -0.15) is 0 Å². The molecule has 7 nitrogen and oxygen atoms in total. The zero-order chi connectivity index (χ0) is 15.4. The smallest absolute Gasteiger partial charge is 0.323 e. The SMILES string of the molecule is CN(CCS(C)(=O)=O)C(=O)N(CC(=O)O)C(C)(C)C. The Labute approximate surface area is 114 Å². The molecule has 1 N–H and O–H groups in total. The Morgan fingerprint density at radius 3 is 2.00 bits per heavy atom. The minimum atomic E-state index is -3.17. The second-order valence-corrected chi connectivity index (χ2v) is 7.74. The normalized spacial score (nSPS) is 12.1. The zero-order valence-electron chi connectivity index (χ0n) is 12.0. The molecule has 0 spiro atoms. The van der Waals surface area contributed by atoms with Crippen LogP contribution in [0.3, 0.4) is 0 Å². The van der Waals surface area contributed by atoms with Crippen molar-refractivity contribution < 1.29 is 23.1 Å². The van der Waals surface area contributed by atoms with Crippen LogP contribution in [0.2, 0.25) is 0 Å². The van der Waals surface area contributed by atoms with Crippen LogP contribution < -0.4 is 0 Å². The standard InChI is InChI=1S/C11H22N2O5S/c1-11(2,3)13(8-9(14)15)10(16)12(4)6-7-19(5,17)18/h6-8H2,1-5H3,(H,14,15). The number of carbonyl (C=O) groups is 2. The van der Waals surface area contributed by atoms with E-state index in [-0.39, 0.29) is 12.3 Å². The van der Waals surface area contributed by atoms with E-state index in [1.807, 2.05) is 0 Å². The first kappa shape index (κ1) is 17.7. The van der Waals surface area contributed by atoms with Gasteiger partial charge in [-0.1, -0.05) is 0 Å². The molecule has 19 heavy (non-hydrogen) atoms. The first-order chi connectivity index (χ1) is 8.34. The Bertz CT molecular complexity index is 438. The fourth-order valence-electron chi connectivity index (χ4n) is 1.33. The van der Waals surface area contributed by atoms with E-state index in [2.05, 4.69) is 0 Å². The number of hydrogen-bond acceptors (Lipinski definition) is 4. The average molecular weight is 294 g/mol. The lowest BCUT2D eigenvalue weighted by Gasteiger charge is -2.37. The molecule has 0 aromatic heterocycles. The number of carbonyl (C=O) groups excluding carboxylic acids is 1. The lowest BCUT2D eigenvalue weighted by molar-refractivity contribution is -0.138. The minimum absolute atomic E-state index is 0.0316. The Morgan fingerprint density at radius 1 is 1.21 bits per heavy atom. The molecule has 0 unspecified atom stereocenters. The van der Waals surface area contributed by atoms with E-state index in [0.29, 0.717) is 0 Å². The summed E-state index contributed by atoms with van der Waals surface area (Å²) >= 11 is 0. The van der Waals surface area contributed by atoms with Crippen LogP contribution in [0.25, 0.3) is 0 Å². The van der Waals surface area contributed by atoms with Crippen molar-refractivity contribution in [1.29, 1.82) is 0 Å². The molecule has 0 rings (SSSR count). The molecule has 2 amide bonds. The van der Waals surface area contributed by atoms with Gasteiger partial charge in [-0.25, -0.2) is 13.2 Å². The molecule has 0 saturated carbocycles. The van der Waals surface area contributed by atoms with Crippen molar-refractivity contribution in [2.24, 2.45) is 0 Å². The summed E-state index contributed by atoms with van der Waals surface area (Å²) in [6, 6.07) is -0.501. The van der Waals surface area contributed by atoms with E-state index in [0.717, 1.165) is 6.26 Å². The Balaban J connectivity index is 4.85. The lowest BCUT2D eigenvalue weighted by atomic mass is 10.1. The second-order valence-electron chi connectivity index (χ2n) is 5.48. The zero-order valence-corrected chi connectivity index (χ0v) is 12.8. The van der Waals surface area contributed by atoms with Gasteiger partial charge in [-0.3, -0.25) is 4.79 Å². The quantitative estimate of drug-likeness (QED) is 0.785. The van der Waals surface area contributed by atoms with Gasteiger partial charge < -0.3 is 14.9 Å². The molecule has 0 bridgehead atoms. The molecule has 0 aromatic carbocycles. The highest BCUT2D eigenvalue weighted by Gasteiger charge is 2.30. The minimum Gasteiger partial charge on any atom is -0.480 e. The van der Waals surface area contributed by atoms with Gasteiger partial charge in [0.2, 0.25) is 0 Å². The van der Waals surface area contributed by atoms with Crippen molar-refractivity contribution in [2.75, 3.05) is 32.1 Å². The molecule has 0 aliphatic carbocycles. The molecule has 8 heteroatoms. The van der Waals surface area contributed by atoms with Gasteiger partial charge >= 0.3 is 12.0 Å². The molecule has 0 aromatic rings. The van der Waals surface area contributed by atoms with Crippen LogP contribution >= 0.6 is 0 Å². The number of carboxylic acids is 1. The molecule has 112 valence electrons. The highest BCUT2D eigenvalue weighted by molar-refractivity contribution is 7.90. The van der Waals surface area contributed by atoms with Crippen molar-refractivity contribution in [1.82, 2.24) is 9.80 Å². The van der Waals surface area contributed by atoms with Crippen LogP contribution in [0.1, 0.15) is 20.8 Å². The molecule has 0 heterocycles. The van der Waals surface area contributed by atoms with E-state index in [1.54, 1.807) is 20.8 Å². The van der Waals surface area contributed by atoms with E-state index in [9.17, 15) is 18.0 Å².